The Morgan fingerprint density at radius 2 is 2.31 bits per heavy atom. The van der Waals surface area contributed by atoms with Gasteiger partial charge in [-0.25, -0.2) is 0 Å². The first-order valence-electron chi connectivity index (χ1n) is 5.08. The van der Waals surface area contributed by atoms with E-state index >= 15 is 0 Å². The molecule has 0 aromatic heterocycles. The summed E-state index contributed by atoms with van der Waals surface area (Å²) < 4.78 is 0. The number of nitrogens with zero attached hydrogens (tertiary/aromatic N) is 1. The van der Waals surface area contributed by atoms with Crippen LogP contribution in [0.1, 0.15) is 27.2 Å². The van der Waals surface area contributed by atoms with E-state index in [4.69, 9.17) is 0 Å². The molecule has 1 fully saturated rings. The molecule has 13 heavy (non-hydrogen) atoms. The SMILES string of the molecule is CC(=O)N1CC[C@H](NCC(C)C)C1. The van der Waals surface area contributed by atoms with Crippen LogP contribution < -0.4 is 5.32 Å². The molecule has 0 aromatic rings. The van der Waals surface area contributed by atoms with Crippen LogP contribution in [0.5, 0.6) is 0 Å². The standard InChI is InChI=1S/C10H20N2O/c1-8(2)6-11-10-4-5-12(7-10)9(3)13/h8,10-11H,4-7H2,1-3H3/t10-/m0/s1. The van der Waals surface area contributed by atoms with Gasteiger partial charge in [-0.15, -0.1) is 0 Å². The summed E-state index contributed by atoms with van der Waals surface area (Å²) in [5.41, 5.74) is 0. The summed E-state index contributed by atoms with van der Waals surface area (Å²) in [6.07, 6.45) is 1.10. The van der Waals surface area contributed by atoms with Crippen molar-refractivity contribution in [2.24, 2.45) is 5.92 Å². The van der Waals surface area contributed by atoms with Crippen molar-refractivity contribution in [1.29, 1.82) is 0 Å². The highest BCUT2D eigenvalue weighted by Crippen LogP contribution is 2.09. The minimum atomic E-state index is 0.203. The van der Waals surface area contributed by atoms with Gasteiger partial charge < -0.3 is 10.2 Å². The molecule has 1 amide bonds. The Labute approximate surface area is 80.5 Å². The molecule has 1 aliphatic rings. The van der Waals surface area contributed by atoms with Crippen molar-refractivity contribution in [3.63, 3.8) is 0 Å². The highest BCUT2D eigenvalue weighted by Gasteiger charge is 2.23. The first kappa shape index (κ1) is 10.5. The first-order chi connectivity index (χ1) is 6.09. The summed E-state index contributed by atoms with van der Waals surface area (Å²) >= 11 is 0. The molecule has 0 aliphatic carbocycles. The number of nitrogens with one attached hydrogen (secondary N) is 1. The van der Waals surface area contributed by atoms with Gasteiger partial charge in [0.2, 0.25) is 5.91 Å². The average molecular weight is 184 g/mol. The van der Waals surface area contributed by atoms with Crippen LogP contribution in [0.4, 0.5) is 0 Å². The molecule has 0 radical (unpaired) electrons. The summed E-state index contributed by atoms with van der Waals surface area (Å²) in [6.45, 7) is 8.91. The van der Waals surface area contributed by atoms with Crippen LogP contribution in [0, 0.1) is 5.92 Å². The van der Waals surface area contributed by atoms with Gasteiger partial charge in [0.15, 0.2) is 0 Å². The molecule has 0 spiro atoms. The summed E-state index contributed by atoms with van der Waals surface area (Å²) in [7, 11) is 0. The molecular formula is C10H20N2O. The maximum atomic E-state index is 11.0. The zero-order chi connectivity index (χ0) is 9.84. The van der Waals surface area contributed by atoms with Gasteiger partial charge in [-0.05, 0) is 18.9 Å². The second-order valence-corrected chi connectivity index (χ2v) is 4.25. The van der Waals surface area contributed by atoms with Gasteiger partial charge in [-0.2, -0.15) is 0 Å². The summed E-state index contributed by atoms with van der Waals surface area (Å²) in [6, 6.07) is 0.520. The normalized spacial score (nSPS) is 22.8. The van der Waals surface area contributed by atoms with Gasteiger partial charge in [-0.1, -0.05) is 13.8 Å². The Morgan fingerprint density at radius 1 is 1.62 bits per heavy atom. The molecule has 76 valence electrons. The smallest absolute Gasteiger partial charge is 0.219 e. The van der Waals surface area contributed by atoms with Gasteiger partial charge in [0, 0.05) is 26.1 Å². The predicted molar refractivity (Wildman–Crippen MR) is 53.5 cm³/mol. The van der Waals surface area contributed by atoms with Crippen molar-refractivity contribution < 1.29 is 4.79 Å². The van der Waals surface area contributed by atoms with E-state index in [1.165, 1.54) is 0 Å². The van der Waals surface area contributed by atoms with Gasteiger partial charge in [0.1, 0.15) is 0 Å². The van der Waals surface area contributed by atoms with E-state index in [9.17, 15) is 4.79 Å². The molecule has 0 unspecified atom stereocenters. The van der Waals surface area contributed by atoms with Crippen molar-refractivity contribution in [2.75, 3.05) is 19.6 Å². The third kappa shape index (κ3) is 3.35. The molecule has 0 bridgehead atoms. The lowest BCUT2D eigenvalue weighted by Crippen LogP contribution is -2.35. The fraction of sp³-hybridized carbons (Fsp3) is 0.900. The number of likely N-dealkylation sites (tertiary alicyclic amines) is 1. The molecule has 3 nitrogen and oxygen atoms in total. The van der Waals surface area contributed by atoms with Gasteiger partial charge >= 0.3 is 0 Å². The lowest BCUT2D eigenvalue weighted by molar-refractivity contribution is -0.127. The minimum absolute atomic E-state index is 0.203. The van der Waals surface area contributed by atoms with Crippen molar-refractivity contribution in [3.8, 4) is 0 Å². The van der Waals surface area contributed by atoms with Gasteiger partial charge in [0.25, 0.3) is 0 Å². The zero-order valence-electron chi connectivity index (χ0n) is 8.84. The number of hydrogen-bond acceptors (Lipinski definition) is 2. The molecule has 1 N–H and O–H groups in total. The first-order valence-corrected chi connectivity index (χ1v) is 5.08. The number of amides is 1. The maximum Gasteiger partial charge on any atom is 0.219 e. The topological polar surface area (TPSA) is 32.3 Å². The Hall–Kier alpha value is -0.570. The number of carbonyl (C=O) groups is 1. The highest BCUT2D eigenvalue weighted by molar-refractivity contribution is 5.73. The third-order valence-corrected chi connectivity index (χ3v) is 2.45. The maximum absolute atomic E-state index is 11.0. The molecule has 1 heterocycles. The fourth-order valence-corrected chi connectivity index (χ4v) is 1.62. The average Bonchev–Trinajstić information content (AvgIpc) is 2.48. The monoisotopic (exact) mass is 184 g/mol. The Kier molecular flexibility index (Phi) is 3.72. The van der Waals surface area contributed by atoms with Crippen LogP contribution >= 0.6 is 0 Å². The summed E-state index contributed by atoms with van der Waals surface area (Å²) in [5.74, 6) is 0.889. The number of hydrogen-bond donors (Lipinski definition) is 1. The molecule has 0 aromatic carbocycles. The Balaban J connectivity index is 2.21. The van der Waals surface area contributed by atoms with E-state index in [0.717, 1.165) is 26.1 Å². The number of rotatable bonds is 3. The lowest BCUT2D eigenvalue weighted by atomic mass is 10.2. The van der Waals surface area contributed by atoms with Crippen LogP contribution in [0.15, 0.2) is 0 Å². The largest absolute Gasteiger partial charge is 0.341 e. The molecular weight excluding hydrogens is 164 g/mol. The summed E-state index contributed by atoms with van der Waals surface area (Å²) in [4.78, 5) is 12.9. The van der Waals surface area contributed by atoms with E-state index in [-0.39, 0.29) is 5.91 Å². The molecule has 1 saturated heterocycles. The summed E-state index contributed by atoms with van der Waals surface area (Å²) in [5, 5.41) is 3.47. The highest BCUT2D eigenvalue weighted by atomic mass is 16.2. The van der Waals surface area contributed by atoms with Gasteiger partial charge in [0.05, 0.1) is 0 Å². The van der Waals surface area contributed by atoms with E-state index in [1.54, 1.807) is 6.92 Å². The van der Waals surface area contributed by atoms with E-state index < -0.39 is 0 Å². The Morgan fingerprint density at radius 3 is 2.77 bits per heavy atom. The molecule has 1 rings (SSSR count). The van der Waals surface area contributed by atoms with Crippen molar-refractivity contribution in [2.45, 2.75) is 33.2 Å². The van der Waals surface area contributed by atoms with E-state index in [2.05, 4.69) is 19.2 Å². The van der Waals surface area contributed by atoms with Crippen LogP contribution in [-0.4, -0.2) is 36.5 Å². The van der Waals surface area contributed by atoms with E-state index in [1.807, 2.05) is 4.90 Å². The molecule has 1 aliphatic heterocycles. The third-order valence-electron chi connectivity index (χ3n) is 2.45. The fourth-order valence-electron chi connectivity index (χ4n) is 1.62. The van der Waals surface area contributed by atoms with Gasteiger partial charge in [-0.3, -0.25) is 4.79 Å². The quantitative estimate of drug-likeness (QED) is 0.705. The van der Waals surface area contributed by atoms with Crippen molar-refractivity contribution >= 4 is 5.91 Å². The van der Waals surface area contributed by atoms with Crippen molar-refractivity contribution in [1.82, 2.24) is 10.2 Å². The number of carbonyl (C=O) groups excluding carboxylic acids is 1. The van der Waals surface area contributed by atoms with Crippen LogP contribution in [0.25, 0.3) is 0 Å². The second kappa shape index (κ2) is 4.61. The molecule has 1 atom stereocenters. The van der Waals surface area contributed by atoms with E-state index in [0.29, 0.717) is 12.0 Å². The van der Waals surface area contributed by atoms with Crippen molar-refractivity contribution in [3.05, 3.63) is 0 Å². The Bertz CT molecular complexity index is 180. The van der Waals surface area contributed by atoms with Crippen LogP contribution in [0.2, 0.25) is 0 Å². The zero-order valence-corrected chi connectivity index (χ0v) is 8.84. The second-order valence-electron chi connectivity index (χ2n) is 4.25. The van der Waals surface area contributed by atoms with Crippen LogP contribution in [0.3, 0.4) is 0 Å². The van der Waals surface area contributed by atoms with Crippen LogP contribution in [-0.2, 0) is 4.79 Å². The minimum Gasteiger partial charge on any atom is -0.341 e. The lowest BCUT2D eigenvalue weighted by Gasteiger charge is -2.16. The molecule has 0 saturated carbocycles. The predicted octanol–water partition coefficient (Wildman–Crippen LogP) is 0.853. The molecule has 3 heteroatoms.